The van der Waals surface area contributed by atoms with Crippen LogP contribution in [0.25, 0.3) is 10.9 Å². The van der Waals surface area contributed by atoms with Gasteiger partial charge in [0.1, 0.15) is 5.69 Å². The lowest BCUT2D eigenvalue weighted by Gasteiger charge is -1.96. The van der Waals surface area contributed by atoms with Crippen molar-refractivity contribution in [1.29, 1.82) is 0 Å². The van der Waals surface area contributed by atoms with Crippen LogP contribution in [-0.2, 0) is 7.05 Å². The maximum absolute atomic E-state index is 12.5. The van der Waals surface area contributed by atoms with Crippen LogP contribution in [0.3, 0.4) is 0 Å². The molecule has 1 aromatic carbocycles. The molecule has 0 bridgehead atoms. The number of carbonyl (C=O) groups is 1. The van der Waals surface area contributed by atoms with E-state index in [2.05, 4.69) is 5.10 Å². The van der Waals surface area contributed by atoms with Crippen LogP contribution in [0.4, 0.5) is 0 Å². The standard InChI is InChI=1S/C14H12N2OS/c1-9-10(7-8-18-9)14(17)13-11-5-3-4-6-12(11)16(2)15-13/h3-8H,1-2H3. The number of nitrogens with zero attached hydrogens (tertiary/aromatic N) is 2. The molecule has 0 spiro atoms. The smallest absolute Gasteiger partial charge is 0.214 e. The van der Waals surface area contributed by atoms with Gasteiger partial charge in [-0.1, -0.05) is 18.2 Å². The second-order valence-electron chi connectivity index (χ2n) is 4.21. The van der Waals surface area contributed by atoms with Crippen LogP contribution in [0, 0.1) is 6.92 Å². The summed E-state index contributed by atoms with van der Waals surface area (Å²) in [5.41, 5.74) is 2.27. The largest absolute Gasteiger partial charge is 0.287 e. The van der Waals surface area contributed by atoms with Gasteiger partial charge in [-0.2, -0.15) is 5.10 Å². The molecule has 0 fully saturated rings. The fourth-order valence-electron chi connectivity index (χ4n) is 2.13. The van der Waals surface area contributed by atoms with Gasteiger partial charge in [-0.05, 0) is 24.4 Å². The van der Waals surface area contributed by atoms with E-state index in [0.717, 1.165) is 21.3 Å². The van der Waals surface area contributed by atoms with Crippen LogP contribution in [0.5, 0.6) is 0 Å². The summed E-state index contributed by atoms with van der Waals surface area (Å²) in [6.45, 7) is 1.96. The molecule has 0 saturated heterocycles. The molecule has 3 nitrogen and oxygen atoms in total. The van der Waals surface area contributed by atoms with Crippen LogP contribution >= 0.6 is 11.3 Å². The lowest BCUT2D eigenvalue weighted by atomic mass is 10.1. The Morgan fingerprint density at radius 2 is 2.06 bits per heavy atom. The highest BCUT2D eigenvalue weighted by atomic mass is 32.1. The Hall–Kier alpha value is -1.94. The summed E-state index contributed by atoms with van der Waals surface area (Å²) in [5.74, 6) is 0.00514. The van der Waals surface area contributed by atoms with E-state index in [4.69, 9.17) is 0 Å². The highest BCUT2D eigenvalue weighted by Crippen LogP contribution is 2.23. The topological polar surface area (TPSA) is 34.9 Å². The first-order valence-electron chi connectivity index (χ1n) is 5.69. The van der Waals surface area contributed by atoms with E-state index in [9.17, 15) is 4.79 Å². The van der Waals surface area contributed by atoms with Gasteiger partial charge in [0.15, 0.2) is 0 Å². The molecule has 0 amide bonds. The number of thiophene rings is 1. The summed E-state index contributed by atoms with van der Waals surface area (Å²) in [7, 11) is 1.86. The molecule has 2 heterocycles. The van der Waals surface area contributed by atoms with Crippen molar-refractivity contribution in [3.05, 3.63) is 51.8 Å². The van der Waals surface area contributed by atoms with Crippen LogP contribution in [-0.4, -0.2) is 15.6 Å². The molecule has 3 aromatic rings. The minimum absolute atomic E-state index is 0.00514. The molecule has 0 aliphatic carbocycles. The number of fused-ring (bicyclic) bond motifs is 1. The van der Waals surface area contributed by atoms with Crippen molar-refractivity contribution in [1.82, 2.24) is 9.78 Å². The molecule has 0 atom stereocenters. The minimum Gasteiger partial charge on any atom is -0.287 e. The Morgan fingerprint density at radius 3 is 2.78 bits per heavy atom. The van der Waals surface area contributed by atoms with Gasteiger partial charge in [0, 0.05) is 22.9 Å². The zero-order chi connectivity index (χ0) is 12.7. The number of carbonyl (C=O) groups excluding carboxylic acids is 1. The quantitative estimate of drug-likeness (QED) is 0.660. The Labute approximate surface area is 109 Å². The van der Waals surface area contributed by atoms with Crippen LogP contribution in [0.1, 0.15) is 20.9 Å². The van der Waals surface area contributed by atoms with Crippen molar-refractivity contribution >= 4 is 28.0 Å². The van der Waals surface area contributed by atoms with Crippen molar-refractivity contribution < 1.29 is 4.79 Å². The predicted octanol–water partition coefficient (Wildman–Crippen LogP) is 3.17. The van der Waals surface area contributed by atoms with E-state index in [-0.39, 0.29) is 5.78 Å². The number of para-hydroxylation sites is 1. The fraction of sp³-hybridized carbons (Fsp3) is 0.143. The highest BCUT2D eigenvalue weighted by molar-refractivity contribution is 7.10. The molecule has 0 N–H and O–H groups in total. The van der Waals surface area contributed by atoms with E-state index in [1.165, 1.54) is 0 Å². The number of benzene rings is 1. The summed E-state index contributed by atoms with van der Waals surface area (Å²) < 4.78 is 1.75. The third-order valence-corrected chi connectivity index (χ3v) is 3.92. The molecule has 18 heavy (non-hydrogen) atoms. The minimum atomic E-state index is 0.00514. The maximum Gasteiger partial charge on any atom is 0.214 e. The summed E-state index contributed by atoms with van der Waals surface area (Å²) in [6.07, 6.45) is 0. The third kappa shape index (κ3) is 1.57. The molecule has 4 heteroatoms. The van der Waals surface area contributed by atoms with Gasteiger partial charge in [-0.3, -0.25) is 9.48 Å². The number of aryl methyl sites for hydroxylation is 2. The molecular weight excluding hydrogens is 244 g/mol. The van der Waals surface area contributed by atoms with E-state index >= 15 is 0 Å². The highest BCUT2D eigenvalue weighted by Gasteiger charge is 2.19. The zero-order valence-corrected chi connectivity index (χ0v) is 11.0. The summed E-state index contributed by atoms with van der Waals surface area (Å²) in [4.78, 5) is 13.5. The first kappa shape index (κ1) is 11.2. The monoisotopic (exact) mass is 256 g/mol. The first-order chi connectivity index (χ1) is 8.68. The van der Waals surface area contributed by atoms with E-state index in [1.807, 2.05) is 49.7 Å². The fourth-order valence-corrected chi connectivity index (χ4v) is 2.83. The molecule has 0 saturated carbocycles. The molecule has 90 valence electrons. The average Bonchev–Trinajstić information content (AvgIpc) is 2.94. The molecule has 2 aromatic heterocycles. The molecule has 0 radical (unpaired) electrons. The van der Waals surface area contributed by atoms with Crippen LogP contribution in [0.2, 0.25) is 0 Å². The van der Waals surface area contributed by atoms with Crippen molar-refractivity contribution in [2.24, 2.45) is 7.05 Å². The van der Waals surface area contributed by atoms with Gasteiger partial charge in [-0.15, -0.1) is 11.3 Å². The number of hydrogen-bond donors (Lipinski definition) is 0. The van der Waals surface area contributed by atoms with Crippen molar-refractivity contribution in [3.8, 4) is 0 Å². The number of hydrogen-bond acceptors (Lipinski definition) is 3. The van der Waals surface area contributed by atoms with Gasteiger partial charge in [0.2, 0.25) is 5.78 Å². The molecule has 0 unspecified atom stereocenters. The zero-order valence-electron chi connectivity index (χ0n) is 10.2. The Morgan fingerprint density at radius 1 is 1.28 bits per heavy atom. The molecule has 0 aliphatic rings. The summed E-state index contributed by atoms with van der Waals surface area (Å²) >= 11 is 1.58. The lowest BCUT2D eigenvalue weighted by Crippen LogP contribution is -2.03. The lowest BCUT2D eigenvalue weighted by molar-refractivity contribution is 0.103. The Balaban J connectivity index is 2.21. The average molecular weight is 256 g/mol. The molecule has 0 aliphatic heterocycles. The first-order valence-corrected chi connectivity index (χ1v) is 6.57. The van der Waals surface area contributed by atoms with E-state index in [1.54, 1.807) is 16.0 Å². The number of ketones is 1. The van der Waals surface area contributed by atoms with Crippen molar-refractivity contribution in [2.45, 2.75) is 6.92 Å². The van der Waals surface area contributed by atoms with Crippen LogP contribution in [0.15, 0.2) is 35.7 Å². The van der Waals surface area contributed by atoms with Crippen molar-refractivity contribution in [3.63, 3.8) is 0 Å². The Kier molecular flexibility index (Phi) is 2.52. The second kappa shape index (κ2) is 4.07. The number of rotatable bonds is 2. The summed E-state index contributed by atoms with van der Waals surface area (Å²) in [5, 5.41) is 7.21. The van der Waals surface area contributed by atoms with Gasteiger partial charge in [0.05, 0.1) is 5.52 Å². The van der Waals surface area contributed by atoms with Gasteiger partial charge in [-0.25, -0.2) is 0 Å². The van der Waals surface area contributed by atoms with Gasteiger partial charge in [0.25, 0.3) is 0 Å². The third-order valence-electron chi connectivity index (χ3n) is 3.08. The van der Waals surface area contributed by atoms with Crippen molar-refractivity contribution in [2.75, 3.05) is 0 Å². The molecular formula is C14H12N2OS. The van der Waals surface area contributed by atoms with E-state index in [0.29, 0.717) is 5.69 Å². The van der Waals surface area contributed by atoms with Gasteiger partial charge >= 0.3 is 0 Å². The molecule has 3 rings (SSSR count). The van der Waals surface area contributed by atoms with E-state index < -0.39 is 0 Å². The Bertz CT molecular complexity index is 739. The summed E-state index contributed by atoms with van der Waals surface area (Å²) in [6, 6.07) is 9.66. The number of aromatic nitrogens is 2. The second-order valence-corrected chi connectivity index (χ2v) is 5.33. The SMILES string of the molecule is Cc1sccc1C(=O)c1nn(C)c2ccccc12. The predicted molar refractivity (Wildman–Crippen MR) is 73.2 cm³/mol. The normalized spacial score (nSPS) is 11.0. The maximum atomic E-state index is 12.5. The van der Waals surface area contributed by atoms with Gasteiger partial charge < -0.3 is 0 Å². The van der Waals surface area contributed by atoms with Crippen LogP contribution < -0.4 is 0 Å².